The van der Waals surface area contributed by atoms with Gasteiger partial charge < -0.3 is 9.88 Å². The molecule has 2 aromatic rings. The zero-order valence-electron chi connectivity index (χ0n) is 11.6. The summed E-state index contributed by atoms with van der Waals surface area (Å²) >= 11 is 3.53. The molecule has 1 fully saturated rings. The minimum Gasteiger partial charge on any atom is -0.340 e. The minimum atomic E-state index is -0.0467. The summed E-state index contributed by atoms with van der Waals surface area (Å²) in [5.74, 6) is -0.0467. The van der Waals surface area contributed by atoms with Gasteiger partial charge in [-0.25, -0.2) is 0 Å². The van der Waals surface area contributed by atoms with E-state index in [2.05, 4.69) is 31.9 Å². The Morgan fingerprint density at radius 1 is 1.35 bits per heavy atom. The molecule has 0 spiro atoms. The van der Waals surface area contributed by atoms with Crippen LogP contribution in [0.15, 0.2) is 34.9 Å². The zero-order valence-corrected chi connectivity index (χ0v) is 13.2. The Labute approximate surface area is 127 Å². The highest BCUT2D eigenvalue weighted by Crippen LogP contribution is 2.36. The molecule has 3 rings (SSSR count). The third kappa shape index (κ3) is 2.52. The predicted molar refractivity (Wildman–Crippen MR) is 84.3 cm³/mol. The number of carbonyl (C=O) groups excluding carboxylic acids is 1. The second-order valence-corrected chi connectivity index (χ2v) is 6.28. The van der Waals surface area contributed by atoms with Crippen LogP contribution in [0.1, 0.15) is 40.5 Å². The second kappa shape index (κ2) is 5.09. The zero-order chi connectivity index (χ0) is 14.3. The van der Waals surface area contributed by atoms with Gasteiger partial charge in [0.2, 0.25) is 0 Å². The van der Waals surface area contributed by atoms with E-state index in [1.807, 2.05) is 38.2 Å². The molecule has 1 aliphatic carbocycles. The van der Waals surface area contributed by atoms with Gasteiger partial charge >= 0.3 is 0 Å². The number of nitrogens with zero attached hydrogens (tertiary/aromatic N) is 1. The molecule has 104 valence electrons. The minimum absolute atomic E-state index is 0.0467. The second-order valence-electron chi connectivity index (χ2n) is 5.42. The molecule has 3 nitrogen and oxygen atoms in total. The number of hydrogen-bond donors (Lipinski definition) is 1. The molecular formula is C16H17BrN2O. The molecule has 20 heavy (non-hydrogen) atoms. The molecule has 0 aliphatic heterocycles. The molecule has 0 saturated heterocycles. The number of rotatable bonds is 3. The van der Waals surface area contributed by atoms with E-state index >= 15 is 0 Å². The molecule has 1 amide bonds. The number of halogens is 1. The van der Waals surface area contributed by atoms with Crippen molar-refractivity contribution in [3.05, 3.63) is 51.8 Å². The molecule has 1 heterocycles. The highest BCUT2D eigenvalue weighted by Gasteiger charge is 2.27. The van der Waals surface area contributed by atoms with Crippen molar-refractivity contribution in [3.63, 3.8) is 0 Å². The lowest BCUT2D eigenvalue weighted by atomic mass is 10.1. The van der Waals surface area contributed by atoms with E-state index in [-0.39, 0.29) is 5.91 Å². The Balaban J connectivity index is 1.87. The fraction of sp³-hybridized carbons (Fsp3) is 0.312. The monoisotopic (exact) mass is 332 g/mol. The number of hydrogen-bond acceptors (Lipinski definition) is 1. The number of benzene rings is 1. The first-order valence-electron chi connectivity index (χ1n) is 6.81. The first-order valence-corrected chi connectivity index (χ1v) is 7.60. The van der Waals surface area contributed by atoms with Gasteiger partial charge in [-0.05, 0) is 71.9 Å². The molecule has 0 bridgehead atoms. The van der Waals surface area contributed by atoms with Gasteiger partial charge in [0.1, 0.15) is 5.69 Å². The van der Waals surface area contributed by atoms with Crippen LogP contribution in [-0.4, -0.2) is 10.5 Å². The number of anilines is 1. The number of aromatic nitrogens is 1. The Kier molecular flexibility index (Phi) is 3.42. The molecule has 1 aromatic carbocycles. The van der Waals surface area contributed by atoms with Crippen LogP contribution in [0.25, 0.3) is 0 Å². The summed E-state index contributed by atoms with van der Waals surface area (Å²) < 4.78 is 3.00. The highest BCUT2D eigenvalue weighted by atomic mass is 79.9. The third-order valence-electron chi connectivity index (χ3n) is 3.62. The van der Waals surface area contributed by atoms with Gasteiger partial charge in [0, 0.05) is 16.7 Å². The van der Waals surface area contributed by atoms with E-state index in [9.17, 15) is 4.79 Å². The predicted octanol–water partition coefficient (Wildman–Crippen LogP) is 4.45. The first kappa shape index (κ1) is 13.4. The van der Waals surface area contributed by atoms with E-state index in [4.69, 9.17) is 0 Å². The summed E-state index contributed by atoms with van der Waals surface area (Å²) in [6.45, 7) is 4.05. The number of aryl methyl sites for hydroxylation is 2. The van der Waals surface area contributed by atoms with Crippen molar-refractivity contribution >= 4 is 27.5 Å². The van der Waals surface area contributed by atoms with Gasteiger partial charge in [-0.3, -0.25) is 4.79 Å². The molecule has 1 saturated carbocycles. The molecule has 4 heteroatoms. The molecule has 0 atom stereocenters. The topological polar surface area (TPSA) is 34.0 Å². The molecule has 1 aliphatic rings. The average Bonchev–Trinajstić information content (AvgIpc) is 3.11. The fourth-order valence-electron chi connectivity index (χ4n) is 2.51. The van der Waals surface area contributed by atoms with Gasteiger partial charge in [-0.2, -0.15) is 0 Å². The van der Waals surface area contributed by atoms with Crippen molar-refractivity contribution in [3.8, 4) is 0 Å². The summed E-state index contributed by atoms with van der Waals surface area (Å²) in [4.78, 5) is 12.5. The smallest absolute Gasteiger partial charge is 0.272 e. The summed E-state index contributed by atoms with van der Waals surface area (Å²) in [5.41, 5.74) is 3.83. The lowest BCUT2D eigenvalue weighted by molar-refractivity contribution is 0.101. The van der Waals surface area contributed by atoms with Crippen molar-refractivity contribution in [1.82, 2.24) is 4.57 Å². The van der Waals surface area contributed by atoms with E-state index in [0.29, 0.717) is 6.04 Å². The highest BCUT2D eigenvalue weighted by molar-refractivity contribution is 9.10. The molecular weight excluding hydrogens is 316 g/mol. The molecule has 1 aromatic heterocycles. The number of nitrogens with one attached hydrogen (secondary N) is 1. The van der Waals surface area contributed by atoms with Crippen LogP contribution in [0.4, 0.5) is 5.69 Å². The maximum Gasteiger partial charge on any atom is 0.272 e. The van der Waals surface area contributed by atoms with Crippen LogP contribution >= 0.6 is 15.9 Å². The lowest BCUT2D eigenvalue weighted by Gasteiger charge is -2.13. The van der Waals surface area contributed by atoms with Crippen LogP contribution in [0, 0.1) is 13.8 Å². The van der Waals surface area contributed by atoms with E-state index < -0.39 is 0 Å². The number of carbonyl (C=O) groups is 1. The largest absolute Gasteiger partial charge is 0.340 e. The van der Waals surface area contributed by atoms with Crippen molar-refractivity contribution in [1.29, 1.82) is 0 Å². The summed E-state index contributed by atoms with van der Waals surface area (Å²) in [5, 5.41) is 3.02. The summed E-state index contributed by atoms with van der Waals surface area (Å²) in [7, 11) is 0. The SMILES string of the molecule is Cc1cc(C)c(NC(=O)c2cccn2C2CC2)c(Br)c1. The van der Waals surface area contributed by atoms with Crippen LogP contribution in [-0.2, 0) is 0 Å². The van der Waals surface area contributed by atoms with E-state index in [0.717, 1.165) is 21.4 Å². The molecule has 0 radical (unpaired) electrons. The fourth-order valence-corrected chi connectivity index (χ4v) is 3.28. The van der Waals surface area contributed by atoms with E-state index in [1.54, 1.807) is 0 Å². The van der Waals surface area contributed by atoms with Gasteiger partial charge in [0.15, 0.2) is 0 Å². The maximum atomic E-state index is 12.5. The van der Waals surface area contributed by atoms with Crippen LogP contribution in [0.2, 0.25) is 0 Å². The standard InChI is InChI=1S/C16H17BrN2O/c1-10-8-11(2)15(13(17)9-10)18-16(20)14-4-3-7-19(14)12-5-6-12/h3-4,7-9,12H,5-6H2,1-2H3,(H,18,20). The van der Waals surface area contributed by atoms with Crippen molar-refractivity contribution < 1.29 is 4.79 Å². The maximum absolute atomic E-state index is 12.5. The first-order chi connectivity index (χ1) is 9.56. The Morgan fingerprint density at radius 3 is 2.75 bits per heavy atom. The van der Waals surface area contributed by atoms with Crippen molar-refractivity contribution in [2.75, 3.05) is 5.32 Å². The molecule has 1 N–H and O–H groups in total. The third-order valence-corrected chi connectivity index (χ3v) is 4.25. The number of amides is 1. The van der Waals surface area contributed by atoms with Crippen LogP contribution in [0.3, 0.4) is 0 Å². The lowest BCUT2D eigenvalue weighted by Crippen LogP contribution is -2.17. The van der Waals surface area contributed by atoms with Crippen molar-refractivity contribution in [2.24, 2.45) is 0 Å². The van der Waals surface area contributed by atoms with E-state index in [1.165, 1.54) is 18.4 Å². The Hall–Kier alpha value is -1.55. The summed E-state index contributed by atoms with van der Waals surface area (Å²) in [6.07, 6.45) is 4.33. The summed E-state index contributed by atoms with van der Waals surface area (Å²) in [6, 6.07) is 8.41. The van der Waals surface area contributed by atoms with Crippen molar-refractivity contribution in [2.45, 2.75) is 32.7 Å². The van der Waals surface area contributed by atoms with Gasteiger partial charge in [-0.1, -0.05) is 6.07 Å². The van der Waals surface area contributed by atoms with Gasteiger partial charge in [-0.15, -0.1) is 0 Å². The average molecular weight is 333 g/mol. The Morgan fingerprint density at radius 2 is 2.10 bits per heavy atom. The Bertz CT molecular complexity index is 648. The normalized spacial score (nSPS) is 14.3. The van der Waals surface area contributed by atoms with Gasteiger partial charge in [0.25, 0.3) is 5.91 Å². The quantitative estimate of drug-likeness (QED) is 0.884. The van der Waals surface area contributed by atoms with Gasteiger partial charge in [0.05, 0.1) is 5.69 Å². The molecule has 0 unspecified atom stereocenters. The van der Waals surface area contributed by atoms with Crippen LogP contribution in [0.5, 0.6) is 0 Å². The van der Waals surface area contributed by atoms with Crippen LogP contribution < -0.4 is 5.32 Å².